The van der Waals surface area contributed by atoms with Crippen LogP contribution in [0.25, 0.3) is 5.70 Å². The highest BCUT2D eigenvalue weighted by Gasteiger charge is 2.33. The molecular weight excluding hydrogens is 474 g/mol. The summed E-state index contributed by atoms with van der Waals surface area (Å²) in [6.45, 7) is 7.34. The average Bonchev–Trinajstić information content (AvgIpc) is 3.45. The largest absolute Gasteiger partial charge is 0.368 e. The first-order valence-electron chi connectivity index (χ1n) is 13.1. The van der Waals surface area contributed by atoms with Crippen molar-refractivity contribution >= 4 is 23.2 Å². The van der Waals surface area contributed by atoms with Crippen molar-refractivity contribution in [3.63, 3.8) is 0 Å². The first-order chi connectivity index (χ1) is 18.6. The van der Waals surface area contributed by atoms with Crippen LogP contribution < -0.4 is 9.80 Å². The van der Waals surface area contributed by atoms with Crippen LogP contribution in [0, 0.1) is 13.8 Å². The zero-order valence-corrected chi connectivity index (χ0v) is 21.7. The second-order valence-electron chi connectivity index (χ2n) is 9.99. The molecule has 0 unspecified atom stereocenters. The van der Waals surface area contributed by atoms with Gasteiger partial charge in [-0.1, -0.05) is 77.4 Å². The van der Waals surface area contributed by atoms with E-state index in [4.69, 9.17) is 0 Å². The van der Waals surface area contributed by atoms with E-state index in [-0.39, 0.29) is 18.5 Å². The fourth-order valence-corrected chi connectivity index (χ4v) is 5.26. The quantitative estimate of drug-likeness (QED) is 0.407. The molecule has 1 atom stereocenters. The van der Waals surface area contributed by atoms with Gasteiger partial charge in [0.2, 0.25) is 5.91 Å². The number of fused-ring (bicyclic) bond motifs is 1. The van der Waals surface area contributed by atoms with Crippen molar-refractivity contribution < 1.29 is 4.79 Å². The van der Waals surface area contributed by atoms with Crippen molar-refractivity contribution in [1.82, 2.24) is 25.1 Å². The van der Waals surface area contributed by atoms with Crippen LogP contribution in [0.4, 0.5) is 11.6 Å². The number of carbonyl (C=O) groups excluding carboxylic acids is 1. The molecule has 8 nitrogen and oxygen atoms in total. The molecule has 192 valence electrons. The van der Waals surface area contributed by atoms with E-state index in [2.05, 4.69) is 101 Å². The lowest BCUT2D eigenvalue weighted by molar-refractivity contribution is -0.129. The minimum absolute atomic E-state index is 0.0691. The summed E-state index contributed by atoms with van der Waals surface area (Å²) in [5.74, 6) is 0.642. The van der Waals surface area contributed by atoms with Crippen molar-refractivity contribution in [2.24, 2.45) is 0 Å². The summed E-state index contributed by atoms with van der Waals surface area (Å²) in [5.41, 5.74) is 6.69. The number of piperazine rings is 1. The van der Waals surface area contributed by atoms with Gasteiger partial charge in [0.1, 0.15) is 12.6 Å². The number of tetrazole rings is 1. The summed E-state index contributed by atoms with van der Waals surface area (Å²) in [6, 6.07) is 26.9. The Morgan fingerprint density at radius 3 is 2.37 bits per heavy atom. The van der Waals surface area contributed by atoms with E-state index in [1.165, 1.54) is 16.8 Å². The van der Waals surface area contributed by atoms with Crippen molar-refractivity contribution in [2.75, 3.05) is 42.5 Å². The zero-order chi connectivity index (χ0) is 26.1. The molecule has 1 aromatic heterocycles. The predicted octanol–water partition coefficient (Wildman–Crippen LogP) is 4.09. The number of hydrogen-bond donors (Lipinski definition) is 0. The van der Waals surface area contributed by atoms with Gasteiger partial charge in [-0.3, -0.25) is 9.69 Å². The van der Waals surface area contributed by atoms with Gasteiger partial charge in [-0.2, -0.15) is 4.68 Å². The molecule has 3 heterocycles. The molecule has 2 aliphatic heterocycles. The van der Waals surface area contributed by atoms with Crippen LogP contribution >= 0.6 is 0 Å². The van der Waals surface area contributed by atoms with Crippen LogP contribution in [-0.2, 0) is 4.79 Å². The maximum Gasteiger partial charge on any atom is 0.251 e. The smallest absolute Gasteiger partial charge is 0.251 e. The Balaban J connectivity index is 1.26. The Bertz CT molecular complexity index is 1450. The van der Waals surface area contributed by atoms with Crippen LogP contribution in [0.2, 0.25) is 0 Å². The molecular formula is C30H31N7O. The van der Waals surface area contributed by atoms with E-state index in [1.54, 1.807) is 4.68 Å². The number of hydrogen-bond acceptors (Lipinski definition) is 6. The molecule has 1 fully saturated rings. The molecule has 2 aliphatic rings. The standard InChI is InChI=1S/C30H31N7O/c1-22-11-13-25(14-12-22)27-20-28(24-8-4-3-5-9-24)37-30(31-32-33-37)36(27)21-29(38)35-17-15-34(16-18-35)26-10-6-7-23(2)19-26/h3-14,19-20,28H,15-18,21H2,1-2H3/t28-/m1/s1. The molecule has 4 aromatic rings. The Labute approximate surface area is 222 Å². The van der Waals surface area contributed by atoms with Gasteiger partial charge in [-0.05, 0) is 59.2 Å². The van der Waals surface area contributed by atoms with E-state index in [9.17, 15) is 4.79 Å². The molecule has 0 aliphatic carbocycles. The number of rotatable bonds is 5. The molecule has 8 heteroatoms. The summed E-state index contributed by atoms with van der Waals surface area (Å²) in [7, 11) is 0. The van der Waals surface area contributed by atoms with Crippen molar-refractivity contribution in [3.8, 4) is 0 Å². The Morgan fingerprint density at radius 2 is 1.63 bits per heavy atom. The number of allylic oxidation sites excluding steroid dienone is 1. The number of nitrogens with zero attached hydrogens (tertiary/aromatic N) is 7. The number of aryl methyl sites for hydroxylation is 2. The van der Waals surface area contributed by atoms with Crippen LogP contribution in [0.15, 0.2) is 84.9 Å². The minimum Gasteiger partial charge on any atom is -0.368 e. The van der Waals surface area contributed by atoms with Gasteiger partial charge >= 0.3 is 0 Å². The summed E-state index contributed by atoms with van der Waals surface area (Å²) in [4.78, 5) is 19.9. The van der Waals surface area contributed by atoms with Crippen molar-refractivity contribution in [1.29, 1.82) is 0 Å². The molecule has 0 spiro atoms. The highest BCUT2D eigenvalue weighted by atomic mass is 16.2. The third-order valence-electron chi connectivity index (χ3n) is 7.37. The molecule has 0 bridgehead atoms. The lowest BCUT2D eigenvalue weighted by atomic mass is 10.00. The van der Waals surface area contributed by atoms with Gasteiger partial charge in [-0.15, -0.1) is 0 Å². The lowest BCUT2D eigenvalue weighted by Gasteiger charge is -2.38. The Kier molecular flexibility index (Phi) is 6.37. The highest BCUT2D eigenvalue weighted by molar-refractivity contribution is 5.89. The second-order valence-corrected chi connectivity index (χ2v) is 9.99. The monoisotopic (exact) mass is 505 g/mol. The molecule has 38 heavy (non-hydrogen) atoms. The van der Waals surface area contributed by atoms with E-state index in [1.807, 2.05) is 28.0 Å². The van der Waals surface area contributed by atoms with E-state index < -0.39 is 0 Å². The third kappa shape index (κ3) is 4.65. The summed E-state index contributed by atoms with van der Waals surface area (Å²) in [5, 5.41) is 12.7. The Morgan fingerprint density at radius 1 is 0.868 bits per heavy atom. The normalized spacial score (nSPS) is 17.3. The molecule has 6 rings (SSSR count). The molecule has 0 radical (unpaired) electrons. The average molecular weight is 506 g/mol. The number of carbonyl (C=O) groups is 1. The maximum atomic E-state index is 13.6. The lowest BCUT2D eigenvalue weighted by Crippen LogP contribution is -2.51. The third-order valence-corrected chi connectivity index (χ3v) is 7.37. The van der Waals surface area contributed by atoms with E-state index in [0.29, 0.717) is 19.0 Å². The van der Waals surface area contributed by atoms with Gasteiger partial charge in [0, 0.05) is 31.9 Å². The second kappa shape index (κ2) is 10.1. The van der Waals surface area contributed by atoms with Gasteiger partial charge in [0.15, 0.2) is 0 Å². The highest BCUT2D eigenvalue weighted by Crippen LogP contribution is 2.36. The van der Waals surface area contributed by atoms with Crippen LogP contribution in [-0.4, -0.2) is 63.7 Å². The SMILES string of the molecule is Cc1ccc(C2=C[C@H](c3ccccc3)n3nnnc3N2CC(=O)N2CCN(c3cccc(C)c3)CC2)cc1. The number of benzene rings is 3. The zero-order valence-electron chi connectivity index (χ0n) is 21.7. The fraction of sp³-hybridized carbons (Fsp3) is 0.267. The molecule has 1 saturated heterocycles. The molecule has 3 aromatic carbocycles. The first-order valence-corrected chi connectivity index (χ1v) is 13.1. The number of anilines is 2. The van der Waals surface area contributed by atoms with Gasteiger partial charge in [0.25, 0.3) is 5.95 Å². The van der Waals surface area contributed by atoms with E-state index in [0.717, 1.165) is 29.9 Å². The summed E-state index contributed by atoms with van der Waals surface area (Å²) >= 11 is 0. The van der Waals surface area contributed by atoms with Crippen molar-refractivity contribution in [3.05, 3.63) is 107 Å². The summed E-state index contributed by atoms with van der Waals surface area (Å²) in [6.07, 6.45) is 2.16. The predicted molar refractivity (Wildman–Crippen MR) is 149 cm³/mol. The molecule has 0 saturated carbocycles. The van der Waals surface area contributed by atoms with Crippen LogP contribution in [0.1, 0.15) is 28.3 Å². The Hall–Kier alpha value is -4.46. The maximum absolute atomic E-state index is 13.6. The van der Waals surface area contributed by atoms with Gasteiger partial charge < -0.3 is 9.80 Å². The molecule has 0 N–H and O–H groups in total. The van der Waals surface area contributed by atoms with Crippen LogP contribution in [0.3, 0.4) is 0 Å². The van der Waals surface area contributed by atoms with E-state index >= 15 is 0 Å². The number of amides is 1. The van der Waals surface area contributed by atoms with Crippen LogP contribution in [0.5, 0.6) is 0 Å². The number of aromatic nitrogens is 4. The molecule has 1 amide bonds. The van der Waals surface area contributed by atoms with Crippen molar-refractivity contribution in [2.45, 2.75) is 19.9 Å². The van der Waals surface area contributed by atoms with Gasteiger partial charge in [0.05, 0.1) is 5.70 Å². The fourth-order valence-electron chi connectivity index (χ4n) is 5.26. The minimum atomic E-state index is -0.165. The topological polar surface area (TPSA) is 70.4 Å². The summed E-state index contributed by atoms with van der Waals surface area (Å²) < 4.78 is 1.80. The van der Waals surface area contributed by atoms with Gasteiger partial charge in [-0.25, -0.2) is 0 Å². The first kappa shape index (κ1) is 23.9.